The third-order valence-electron chi connectivity index (χ3n) is 4.29. The lowest BCUT2D eigenvalue weighted by Gasteiger charge is -2.33. The Kier molecular flexibility index (Phi) is 5.25. The zero-order valence-electron chi connectivity index (χ0n) is 14.4. The number of aromatic amines is 1. The number of aromatic nitrogens is 1. The fourth-order valence-electron chi connectivity index (χ4n) is 2.82. The average Bonchev–Trinajstić information content (AvgIpc) is 2.67. The van der Waals surface area contributed by atoms with E-state index in [1.807, 2.05) is 0 Å². The molecule has 2 aromatic rings. The molecule has 148 valence electrons. The van der Waals surface area contributed by atoms with Crippen molar-refractivity contribution >= 4 is 21.6 Å². The molecule has 0 saturated carbocycles. The number of benzene rings is 1. The predicted octanol–water partition coefficient (Wildman–Crippen LogP) is 0.569. The van der Waals surface area contributed by atoms with Crippen molar-refractivity contribution in [3.63, 3.8) is 0 Å². The molecule has 1 aromatic heterocycles. The molecule has 1 aromatic carbocycles. The number of piperazine rings is 1. The molecule has 1 fully saturated rings. The van der Waals surface area contributed by atoms with E-state index in [1.165, 1.54) is 17.0 Å². The van der Waals surface area contributed by atoms with Crippen LogP contribution >= 0.6 is 0 Å². The van der Waals surface area contributed by atoms with Gasteiger partial charge in [-0.25, -0.2) is 12.8 Å². The van der Waals surface area contributed by atoms with Crippen LogP contribution in [-0.4, -0.2) is 59.6 Å². The Labute approximate surface area is 158 Å². The number of hydrogen-bond acceptors (Lipinski definition) is 6. The molecule has 3 rings (SSSR count). The lowest BCUT2D eigenvalue weighted by Crippen LogP contribution is -2.51. The number of H-pyrrole nitrogens is 1. The third kappa shape index (κ3) is 3.77. The number of rotatable bonds is 4. The molecule has 2 heterocycles. The summed E-state index contributed by atoms with van der Waals surface area (Å²) in [6, 6.07) is 5.49. The topological polar surface area (TPSA) is 134 Å². The molecular weight excluding hydrogens is 395 g/mol. The summed E-state index contributed by atoms with van der Waals surface area (Å²) in [5, 5.41) is 10.8. The quantitative estimate of drug-likeness (QED) is 0.579. The maximum atomic E-state index is 13.3. The molecule has 0 aliphatic carbocycles. The molecule has 10 nitrogen and oxygen atoms in total. The van der Waals surface area contributed by atoms with E-state index < -0.39 is 43.5 Å². The summed E-state index contributed by atoms with van der Waals surface area (Å²) in [5.41, 5.74) is -1.60. The van der Waals surface area contributed by atoms with E-state index in [4.69, 9.17) is 0 Å². The monoisotopic (exact) mass is 410 g/mol. The van der Waals surface area contributed by atoms with Gasteiger partial charge in [-0.3, -0.25) is 19.7 Å². The molecule has 28 heavy (non-hydrogen) atoms. The minimum atomic E-state index is -3.93. The molecule has 0 bridgehead atoms. The highest BCUT2D eigenvalue weighted by atomic mass is 32.2. The number of carbonyl (C=O) groups is 1. The van der Waals surface area contributed by atoms with Crippen LogP contribution in [0, 0.1) is 15.9 Å². The number of nitrogens with one attached hydrogen (secondary N) is 1. The van der Waals surface area contributed by atoms with Crippen molar-refractivity contribution in [1.29, 1.82) is 0 Å². The Balaban J connectivity index is 1.75. The van der Waals surface area contributed by atoms with Crippen molar-refractivity contribution in [2.24, 2.45) is 0 Å². The molecule has 12 heteroatoms. The number of sulfonamides is 1. The molecule has 1 amide bonds. The van der Waals surface area contributed by atoms with Crippen LogP contribution in [0.5, 0.6) is 0 Å². The van der Waals surface area contributed by atoms with Crippen LogP contribution in [0.2, 0.25) is 0 Å². The van der Waals surface area contributed by atoms with Gasteiger partial charge in [-0.15, -0.1) is 0 Å². The summed E-state index contributed by atoms with van der Waals surface area (Å²) in [6.45, 7) is -0.153. The summed E-state index contributed by atoms with van der Waals surface area (Å²) < 4.78 is 39.6. The van der Waals surface area contributed by atoms with Crippen LogP contribution in [0.25, 0.3) is 0 Å². The summed E-state index contributed by atoms with van der Waals surface area (Å²) in [5.74, 6) is -1.41. The van der Waals surface area contributed by atoms with Crippen LogP contribution in [0.1, 0.15) is 10.4 Å². The highest BCUT2D eigenvalue weighted by Crippen LogP contribution is 2.19. The van der Waals surface area contributed by atoms with Crippen molar-refractivity contribution in [1.82, 2.24) is 14.2 Å². The number of hydrogen-bond donors (Lipinski definition) is 1. The van der Waals surface area contributed by atoms with Gasteiger partial charge in [0, 0.05) is 32.2 Å². The van der Waals surface area contributed by atoms with Crippen LogP contribution in [0.3, 0.4) is 0 Å². The normalized spacial score (nSPS) is 15.4. The second kappa shape index (κ2) is 7.48. The molecule has 1 N–H and O–H groups in total. The molecule has 1 saturated heterocycles. The standard InChI is InChI=1S/C16H15FN4O6S/c17-11-2-1-3-13(8-11)28(26,27)20-6-4-19(5-7-20)16(23)14-9-12(21(24)25)10-18-15(14)22/h1-3,8-10H,4-7H2,(H,18,22). The van der Waals surface area contributed by atoms with Crippen molar-refractivity contribution < 1.29 is 22.5 Å². The lowest BCUT2D eigenvalue weighted by molar-refractivity contribution is -0.385. The molecular formula is C16H15FN4O6S. The average molecular weight is 410 g/mol. The Hall–Kier alpha value is -3.12. The van der Waals surface area contributed by atoms with Gasteiger partial charge in [0.05, 0.1) is 16.0 Å². The summed E-state index contributed by atoms with van der Waals surface area (Å²) in [4.78, 5) is 37.7. The van der Waals surface area contributed by atoms with E-state index >= 15 is 0 Å². The number of halogens is 1. The maximum absolute atomic E-state index is 13.3. The molecule has 1 aliphatic heterocycles. The number of amides is 1. The summed E-state index contributed by atoms with van der Waals surface area (Å²) in [6.07, 6.45) is 0.891. The molecule has 0 atom stereocenters. The van der Waals surface area contributed by atoms with Gasteiger partial charge >= 0.3 is 0 Å². The zero-order valence-corrected chi connectivity index (χ0v) is 15.2. The van der Waals surface area contributed by atoms with E-state index in [1.54, 1.807) is 0 Å². The highest BCUT2D eigenvalue weighted by molar-refractivity contribution is 7.89. The van der Waals surface area contributed by atoms with Crippen LogP contribution < -0.4 is 5.56 Å². The fraction of sp³-hybridized carbons (Fsp3) is 0.250. The third-order valence-corrected chi connectivity index (χ3v) is 6.18. The number of nitrogens with zero attached hydrogens (tertiary/aromatic N) is 3. The zero-order chi connectivity index (χ0) is 20.5. The SMILES string of the molecule is O=C(c1cc([N+](=O)[O-])c[nH]c1=O)N1CCN(S(=O)(=O)c2cccc(F)c2)CC1. The van der Waals surface area contributed by atoms with Gasteiger partial charge in [-0.2, -0.15) is 4.31 Å². The fourth-order valence-corrected chi connectivity index (χ4v) is 4.27. The predicted molar refractivity (Wildman–Crippen MR) is 94.8 cm³/mol. The van der Waals surface area contributed by atoms with E-state index in [0.29, 0.717) is 0 Å². The van der Waals surface area contributed by atoms with Crippen molar-refractivity contribution in [2.75, 3.05) is 26.2 Å². The Morgan fingerprint density at radius 3 is 2.46 bits per heavy atom. The first kappa shape index (κ1) is 19.6. The molecule has 0 spiro atoms. The Morgan fingerprint density at radius 2 is 1.86 bits per heavy atom. The van der Waals surface area contributed by atoms with Crippen LogP contribution in [-0.2, 0) is 10.0 Å². The first-order valence-electron chi connectivity index (χ1n) is 8.12. The second-order valence-electron chi connectivity index (χ2n) is 6.01. The summed E-state index contributed by atoms with van der Waals surface area (Å²) >= 11 is 0. The van der Waals surface area contributed by atoms with Gasteiger partial charge in [0.1, 0.15) is 11.4 Å². The Bertz CT molecular complexity index is 1090. The van der Waals surface area contributed by atoms with Gasteiger partial charge in [-0.1, -0.05) is 6.07 Å². The molecule has 1 aliphatic rings. The van der Waals surface area contributed by atoms with Gasteiger partial charge in [0.15, 0.2) is 0 Å². The first-order chi connectivity index (χ1) is 13.2. The van der Waals surface area contributed by atoms with Gasteiger partial charge in [0.25, 0.3) is 17.2 Å². The first-order valence-corrected chi connectivity index (χ1v) is 9.56. The number of pyridine rings is 1. The van der Waals surface area contributed by atoms with Crippen molar-refractivity contribution in [3.05, 3.63) is 68.4 Å². The maximum Gasteiger partial charge on any atom is 0.286 e. The molecule has 0 radical (unpaired) electrons. The second-order valence-corrected chi connectivity index (χ2v) is 7.95. The van der Waals surface area contributed by atoms with Crippen LogP contribution in [0.4, 0.5) is 10.1 Å². The number of nitro groups is 1. The minimum absolute atomic E-state index is 0.0183. The highest BCUT2D eigenvalue weighted by Gasteiger charge is 2.31. The molecule has 0 unspecified atom stereocenters. The van der Waals surface area contributed by atoms with Crippen molar-refractivity contribution in [2.45, 2.75) is 4.90 Å². The summed E-state index contributed by atoms with van der Waals surface area (Å²) in [7, 11) is -3.93. The largest absolute Gasteiger partial charge is 0.336 e. The van der Waals surface area contributed by atoms with E-state index in [2.05, 4.69) is 4.98 Å². The van der Waals surface area contributed by atoms with Crippen LogP contribution in [0.15, 0.2) is 46.2 Å². The van der Waals surface area contributed by atoms with Crippen molar-refractivity contribution in [3.8, 4) is 0 Å². The number of carbonyl (C=O) groups excluding carboxylic acids is 1. The lowest BCUT2D eigenvalue weighted by atomic mass is 10.2. The van der Waals surface area contributed by atoms with Gasteiger partial charge < -0.3 is 9.88 Å². The Morgan fingerprint density at radius 1 is 1.18 bits per heavy atom. The van der Waals surface area contributed by atoms with E-state index in [9.17, 15) is 32.5 Å². The van der Waals surface area contributed by atoms with Gasteiger partial charge in [0.2, 0.25) is 10.0 Å². The van der Waals surface area contributed by atoms with E-state index in [-0.39, 0.29) is 31.1 Å². The van der Waals surface area contributed by atoms with Gasteiger partial charge in [-0.05, 0) is 18.2 Å². The minimum Gasteiger partial charge on any atom is -0.336 e. The smallest absolute Gasteiger partial charge is 0.286 e. The van der Waals surface area contributed by atoms with E-state index in [0.717, 1.165) is 28.7 Å².